The molecule has 2 heterocycles. The van der Waals surface area contributed by atoms with Crippen molar-refractivity contribution in [2.75, 3.05) is 0 Å². The van der Waals surface area contributed by atoms with Gasteiger partial charge in [0.1, 0.15) is 6.10 Å². The average Bonchev–Trinajstić information content (AvgIpc) is 3.11. The summed E-state index contributed by atoms with van der Waals surface area (Å²) in [5, 5.41) is 23.1. The lowest BCUT2D eigenvalue weighted by molar-refractivity contribution is -0.280. The Balaban J connectivity index is 1.75. The van der Waals surface area contributed by atoms with E-state index in [9.17, 15) is 15.0 Å². The smallest absolute Gasteiger partial charge is 0.312 e. The second-order valence-electron chi connectivity index (χ2n) is 9.08. The van der Waals surface area contributed by atoms with Gasteiger partial charge in [0.2, 0.25) is 0 Å². The highest BCUT2D eigenvalue weighted by atomic mass is 16.6. The van der Waals surface area contributed by atoms with Gasteiger partial charge in [-0.2, -0.15) is 0 Å². The first-order chi connectivity index (χ1) is 11.6. The molecule has 2 N–H and O–H groups in total. The first-order valence-electron chi connectivity index (χ1n) is 9.31. The minimum absolute atomic E-state index is 0.0594. The number of aliphatic hydroxyl groups is 2. The second-order valence-corrected chi connectivity index (χ2v) is 9.08. The molecule has 0 radical (unpaired) electrons. The van der Waals surface area contributed by atoms with Crippen LogP contribution in [0, 0.1) is 16.7 Å². The Kier molecular flexibility index (Phi) is 3.49. The topological polar surface area (TPSA) is 79.9 Å². The number of carbonyl (C=O) groups excluding carboxylic acids is 1. The van der Waals surface area contributed by atoms with Gasteiger partial charge in [0.25, 0.3) is 0 Å². The zero-order chi connectivity index (χ0) is 18.1. The highest BCUT2D eigenvalue weighted by Crippen LogP contribution is 2.67. The maximum absolute atomic E-state index is 12.6. The van der Waals surface area contributed by atoms with Gasteiger partial charge in [-0.05, 0) is 51.2 Å². The number of rotatable bonds is 3. The lowest BCUT2D eigenvalue weighted by Crippen LogP contribution is -2.72. The van der Waals surface area contributed by atoms with E-state index in [-0.39, 0.29) is 24.4 Å². The first-order valence-corrected chi connectivity index (χ1v) is 9.31. The van der Waals surface area contributed by atoms with Crippen molar-refractivity contribution < 1.29 is 24.2 Å². The number of hydrogen-bond acceptors (Lipinski definition) is 5. The quantitative estimate of drug-likeness (QED) is 0.821. The molecule has 3 aliphatic rings. The van der Waals surface area contributed by atoms with E-state index in [1.165, 1.54) is 0 Å². The minimum atomic E-state index is -1.31. The molecule has 1 aliphatic heterocycles. The molecule has 0 amide bonds. The van der Waals surface area contributed by atoms with E-state index >= 15 is 0 Å². The predicted molar refractivity (Wildman–Crippen MR) is 90.7 cm³/mol. The van der Waals surface area contributed by atoms with Crippen molar-refractivity contribution in [3.05, 3.63) is 24.2 Å². The Morgan fingerprint density at radius 3 is 2.68 bits per heavy atom. The maximum atomic E-state index is 12.6. The number of aryl methyl sites for hydroxylation is 1. The molecular weight excluding hydrogens is 320 g/mol. The molecule has 2 aliphatic carbocycles. The van der Waals surface area contributed by atoms with Crippen molar-refractivity contribution in [3.8, 4) is 0 Å². The number of ether oxygens (including phenoxy) is 1. The van der Waals surface area contributed by atoms with Gasteiger partial charge < -0.3 is 19.4 Å². The normalized spacial score (nSPS) is 48.9. The highest BCUT2D eigenvalue weighted by Gasteiger charge is 2.74. The van der Waals surface area contributed by atoms with Crippen LogP contribution in [-0.2, 0) is 16.0 Å². The van der Waals surface area contributed by atoms with E-state index in [0.717, 1.165) is 24.8 Å². The predicted octanol–water partition coefficient (Wildman–Crippen LogP) is 2.84. The van der Waals surface area contributed by atoms with E-state index in [4.69, 9.17) is 9.15 Å². The fraction of sp³-hybridized carbons (Fsp3) is 0.750. The molecule has 138 valence electrons. The fourth-order valence-corrected chi connectivity index (χ4v) is 6.34. The summed E-state index contributed by atoms with van der Waals surface area (Å²) in [4.78, 5) is 12.6. The summed E-state index contributed by atoms with van der Waals surface area (Å²) >= 11 is 0. The standard InChI is InChI=1S/C20H28O5/c1-17-7-4-8-18(2)15(17)14(25-16(17)21)11-19(3,22)20(18,23)9-5-13-6-10-24-12-13/h6,10,12,14-15,22-23H,4-5,7-9,11H2,1-3H3. The third-order valence-corrected chi connectivity index (χ3v) is 7.65. The van der Waals surface area contributed by atoms with E-state index in [1.807, 2.05) is 19.9 Å². The summed E-state index contributed by atoms with van der Waals surface area (Å²) in [6, 6.07) is 1.89. The number of hydrogen-bond donors (Lipinski definition) is 2. The van der Waals surface area contributed by atoms with Gasteiger partial charge >= 0.3 is 5.97 Å². The SMILES string of the molecule is CC12CCCC3(C)C1C(CC(C)(O)C3(O)CCc1ccoc1)OC2=O. The van der Waals surface area contributed by atoms with Gasteiger partial charge in [-0.1, -0.05) is 13.3 Å². The fourth-order valence-electron chi connectivity index (χ4n) is 6.34. The van der Waals surface area contributed by atoms with Crippen molar-refractivity contribution in [2.45, 2.75) is 76.6 Å². The van der Waals surface area contributed by atoms with Crippen LogP contribution in [0.5, 0.6) is 0 Å². The molecule has 1 saturated heterocycles. The number of furan rings is 1. The van der Waals surface area contributed by atoms with Crippen LogP contribution in [0.25, 0.3) is 0 Å². The van der Waals surface area contributed by atoms with Crippen molar-refractivity contribution in [3.63, 3.8) is 0 Å². The van der Waals surface area contributed by atoms with Crippen LogP contribution >= 0.6 is 0 Å². The van der Waals surface area contributed by atoms with Gasteiger partial charge in [0.05, 0.1) is 29.1 Å². The Bertz CT molecular complexity index is 680. The van der Waals surface area contributed by atoms with Crippen molar-refractivity contribution in [2.24, 2.45) is 16.7 Å². The minimum Gasteiger partial charge on any atom is -0.472 e. The van der Waals surface area contributed by atoms with Crippen LogP contribution in [0.4, 0.5) is 0 Å². The Morgan fingerprint density at radius 1 is 1.24 bits per heavy atom. The van der Waals surface area contributed by atoms with E-state index < -0.39 is 22.0 Å². The molecule has 3 fully saturated rings. The summed E-state index contributed by atoms with van der Waals surface area (Å²) in [7, 11) is 0. The van der Waals surface area contributed by atoms with Gasteiger partial charge in [0.15, 0.2) is 0 Å². The van der Waals surface area contributed by atoms with Crippen LogP contribution in [0.1, 0.15) is 58.4 Å². The van der Waals surface area contributed by atoms with Gasteiger partial charge in [-0.3, -0.25) is 4.79 Å². The zero-order valence-electron chi connectivity index (χ0n) is 15.2. The third-order valence-electron chi connectivity index (χ3n) is 7.65. The molecule has 2 saturated carbocycles. The Morgan fingerprint density at radius 2 is 2.00 bits per heavy atom. The van der Waals surface area contributed by atoms with E-state index in [0.29, 0.717) is 12.8 Å². The molecule has 1 aromatic heterocycles. The molecular formula is C20H28O5. The molecule has 5 nitrogen and oxygen atoms in total. The molecule has 0 spiro atoms. The van der Waals surface area contributed by atoms with E-state index in [2.05, 4.69) is 0 Å². The van der Waals surface area contributed by atoms with Gasteiger partial charge in [-0.15, -0.1) is 0 Å². The largest absolute Gasteiger partial charge is 0.472 e. The Hall–Kier alpha value is -1.33. The second kappa shape index (κ2) is 5.10. The monoisotopic (exact) mass is 348 g/mol. The van der Waals surface area contributed by atoms with Gasteiger partial charge in [0, 0.05) is 17.8 Å². The number of carbonyl (C=O) groups is 1. The van der Waals surface area contributed by atoms with Crippen LogP contribution in [-0.4, -0.2) is 33.5 Å². The molecule has 0 bridgehead atoms. The summed E-state index contributed by atoms with van der Waals surface area (Å²) < 4.78 is 10.8. The molecule has 1 aromatic rings. The van der Waals surface area contributed by atoms with Crippen LogP contribution in [0.2, 0.25) is 0 Å². The third kappa shape index (κ3) is 2.05. The summed E-state index contributed by atoms with van der Waals surface area (Å²) in [5.41, 5.74) is -2.71. The molecule has 25 heavy (non-hydrogen) atoms. The molecule has 4 rings (SSSR count). The maximum Gasteiger partial charge on any atom is 0.312 e. The number of esters is 1. The summed E-state index contributed by atoms with van der Waals surface area (Å²) in [6.07, 6.45) is 6.78. The average molecular weight is 348 g/mol. The van der Waals surface area contributed by atoms with Crippen LogP contribution in [0.3, 0.4) is 0 Å². The van der Waals surface area contributed by atoms with Crippen molar-refractivity contribution in [1.29, 1.82) is 0 Å². The first kappa shape index (κ1) is 17.1. The molecule has 6 unspecified atom stereocenters. The molecule has 5 heteroatoms. The van der Waals surface area contributed by atoms with Gasteiger partial charge in [-0.25, -0.2) is 0 Å². The Labute approximate surface area is 148 Å². The zero-order valence-corrected chi connectivity index (χ0v) is 15.2. The van der Waals surface area contributed by atoms with E-state index in [1.54, 1.807) is 19.5 Å². The van der Waals surface area contributed by atoms with Crippen LogP contribution < -0.4 is 0 Å². The lowest BCUT2D eigenvalue weighted by Gasteiger charge is -2.63. The highest BCUT2D eigenvalue weighted by molar-refractivity contribution is 5.80. The summed E-state index contributed by atoms with van der Waals surface area (Å²) in [5.74, 6) is -0.223. The molecule has 0 aromatic carbocycles. The summed E-state index contributed by atoms with van der Waals surface area (Å²) in [6.45, 7) is 5.73. The van der Waals surface area contributed by atoms with Crippen LogP contribution in [0.15, 0.2) is 23.0 Å². The van der Waals surface area contributed by atoms with Crippen molar-refractivity contribution in [1.82, 2.24) is 0 Å². The lowest BCUT2D eigenvalue weighted by atomic mass is 9.43. The van der Waals surface area contributed by atoms with Crippen molar-refractivity contribution >= 4 is 5.97 Å². The molecule has 6 atom stereocenters.